The van der Waals surface area contributed by atoms with E-state index in [-0.39, 0.29) is 11.3 Å². The van der Waals surface area contributed by atoms with E-state index in [1.165, 1.54) is 9.08 Å². The Morgan fingerprint density at radius 3 is 2.42 bits per heavy atom. The van der Waals surface area contributed by atoms with Crippen molar-refractivity contribution in [3.8, 4) is 5.69 Å². The number of H-pyrrole nitrogens is 1. The van der Waals surface area contributed by atoms with E-state index in [1.54, 1.807) is 30.3 Å². The van der Waals surface area contributed by atoms with Crippen LogP contribution in [-0.2, 0) is 0 Å². The van der Waals surface area contributed by atoms with Gasteiger partial charge in [-0.15, -0.1) is 5.10 Å². The second-order valence-electron chi connectivity index (χ2n) is 5.74. The molecule has 0 amide bonds. The highest BCUT2D eigenvalue weighted by molar-refractivity contribution is 5.76. The maximum Gasteiger partial charge on any atom is 0.355 e. The Kier molecular flexibility index (Phi) is 3.02. The van der Waals surface area contributed by atoms with Crippen molar-refractivity contribution in [2.45, 2.75) is 0 Å². The van der Waals surface area contributed by atoms with Gasteiger partial charge in [-0.3, -0.25) is 4.79 Å². The van der Waals surface area contributed by atoms with E-state index in [9.17, 15) is 9.59 Å². The molecule has 4 rings (SSSR count). The normalized spacial score (nSPS) is 11.2. The molecule has 0 radical (unpaired) electrons. The van der Waals surface area contributed by atoms with Gasteiger partial charge in [0.1, 0.15) is 0 Å². The third-order valence-electron chi connectivity index (χ3n) is 3.99. The lowest BCUT2D eigenvalue weighted by Crippen LogP contribution is -2.21. The Bertz CT molecular complexity index is 1170. The van der Waals surface area contributed by atoms with Gasteiger partial charge in [0, 0.05) is 19.8 Å². The molecule has 4 aromatic rings. The summed E-state index contributed by atoms with van der Waals surface area (Å²) in [5, 5.41) is 4.22. The summed E-state index contributed by atoms with van der Waals surface area (Å²) in [6, 6.07) is 14.6. The summed E-state index contributed by atoms with van der Waals surface area (Å²) in [4.78, 5) is 29.8. The Morgan fingerprint density at radius 1 is 1.00 bits per heavy atom. The highest BCUT2D eigenvalue weighted by Gasteiger charge is 2.14. The predicted octanol–water partition coefficient (Wildman–Crippen LogP) is 1.39. The average Bonchev–Trinajstić information content (AvgIpc) is 2.94. The van der Waals surface area contributed by atoms with Crippen LogP contribution in [-0.4, -0.2) is 33.3 Å². The Morgan fingerprint density at radius 2 is 1.71 bits per heavy atom. The Hall–Kier alpha value is -3.35. The third kappa shape index (κ3) is 2.02. The molecule has 1 N–H and O–H groups in total. The number of nitrogens with zero attached hydrogens (tertiary/aromatic N) is 4. The van der Waals surface area contributed by atoms with Crippen LogP contribution in [0.15, 0.2) is 58.1 Å². The van der Waals surface area contributed by atoms with Crippen LogP contribution in [0.5, 0.6) is 0 Å². The molecular formula is C17H15N5O2. The summed E-state index contributed by atoms with van der Waals surface area (Å²) in [7, 11) is 3.88. The van der Waals surface area contributed by atoms with Crippen molar-refractivity contribution >= 4 is 22.4 Å². The molecule has 0 fully saturated rings. The first-order valence-electron chi connectivity index (χ1n) is 7.47. The van der Waals surface area contributed by atoms with Crippen LogP contribution in [0, 0.1) is 0 Å². The minimum Gasteiger partial charge on any atom is -0.378 e. The van der Waals surface area contributed by atoms with E-state index in [0.717, 1.165) is 5.69 Å². The second kappa shape index (κ2) is 5.09. The van der Waals surface area contributed by atoms with Crippen molar-refractivity contribution in [2.24, 2.45) is 0 Å². The predicted molar refractivity (Wildman–Crippen MR) is 93.2 cm³/mol. The van der Waals surface area contributed by atoms with Crippen LogP contribution in [0.4, 0.5) is 5.69 Å². The molecule has 0 aliphatic carbocycles. The Balaban J connectivity index is 2.02. The summed E-state index contributed by atoms with van der Waals surface area (Å²) in [5.74, 6) is 0. The maximum atomic E-state index is 12.8. The van der Waals surface area contributed by atoms with Crippen molar-refractivity contribution in [2.75, 3.05) is 19.0 Å². The lowest BCUT2D eigenvalue weighted by molar-refractivity contribution is 0.842. The number of rotatable bonds is 2. The smallest absolute Gasteiger partial charge is 0.355 e. The third-order valence-corrected chi connectivity index (χ3v) is 3.99. The molecule has 120 valence electrons. The minimum atomic E-state index is -0.394. The van der Waals surface area contributed by atoms with Crippen molar-refractivity contribution in [1.29, 1.82) is 0 Å². The molecule has 0 aliphatic heterocycles. The first-order chi connectivity index (χ1) is 11.6. The van der Waals surface area contributed by atoms with Crippen molar-refractivity contribution < 1.29 is 0 Å². The van der Waals surface area contributed by atoms with Crippen molar-refractivity contribution in [3.63, 3.8) is 0 Å². The number of para-hydroxylation sites is 2. The molecule has 24 heavy (non-hydrogen) atoms. The number of anilines is 1. The largest absolute Gasteiger partial charge is 0.378 e. The lowest BCUT2D eigenvalue weighted by Gasteiger charge is -2.12. The monoisotopic (exact) mass is 321 g/mol. The maximum absolute atomic E-state index is 12.8. The van der Waals surface area contributed by atoms with Gasteiger partial charge in [-0.25, -0.2) is 9.20 Å². The van der Waals surface area contributed by atoms with Crippen LogP contribution < -0.4 is 16.1 Å². The molecule has 0 saturated heterocycles. The number of hydrogen-bond acceptors (Lipinski definition) is 4. The SMILES string of the molecule is CN(C)c1ccc(-n2nc3c(=O)[nH]c4ccccc4n3c2=O)cc1. The molecule has 2 aromatic carbocycles. The molecule has 0 bridgehead atoms. The molecule has 0 atom stereocenters. The van der Waals surface area contributed by atoms with Crippen molar-refractivity contribution in [3.05, 3.63) is 69.4 Å². The zero-order valence-corrected chi connectivity index (χ0v) is 13.2. The van der Waals surface area contributed by atoms with Crippen LogP contribution in [0.1, 0.15) is 0 Å². The first-order valence-corrected chi connectivity index (χ1v) is 7.47. The van der Waals surface area contributed by atoms with E-state index in [2.05, 4.69) is 10.1 Å². The fraction of sp³-hybridized carbons (Fsp3) is 0.118. The average molecular weight is 321 g/mol. The molecule has 0 aliphatic rings. The quantitative estimate of drug-likeness (QED) is 0.605. The molecule has 2 heterocycles. The summed E-state index contributed by atoms with van der Waals surface area (Å²) in [5.41, 5.74) is 2.15. The molecular weight excluding hydrogens is 306 g/mol. The van der Waals surface area contributed by atoms with Crippen LogP contribution in [0.3, 0.4) is 0 Å². The molecule has 2 aromatic heterocycles. The molecule has 7 nitrogen and oxygen atoms in total. The fourth-order valence-corrected chi connectivity index (χ4v) is 2.74. The van der Waals surface area contributed by atoms with Gasteiger partial charge in [-0.05, 0) is 36.4 Å². The highest BCUT2D eigenvalue weighted by atomic mass is 16.2. The van der Waals surface area contributed by atoms with Gasteiger partial charge in [0.05, 0.1) is 16.7 Å². The zero-order chi connectivity index (χ0) is 16.8. The van der Waals surface area contributed by atoms with E-state index < -0.39 is 5.56 Å². The summed E-state index contributed by atoms with van der Waals surface area (Å²) >= 11 is 0. The number of fused-ring (bicyclic) bond motifs is 3. The fourth-order valence-electron chi connectivity index (χ4n) is 2.74. The highest BCUT2D eigenvalue weighted by Crippen LogP contribution is 2.15. The standard InChI is InChI=1S/C17H15N5O2/c1-20(2)11-7-9-12(10-8-11)22-17(24)21-14-6-4-3-5-13(14)18-16(23)15(21)19-22/h3-10H,1-2H3,(H,18,23). The van der Waals surface area contributed by atoms with Gasteiger partial charge in [0.25, 0.3) is 5.56 Å². The number of hydrogen-bond donors (Lipinski definition) is 1. The zero-order valence-electron chi connectivity index (χ0n) is 13.2. The van der Waals surface area contributed by atoms with E-state index in [4.69, 9.17) is 0 Å². The summed E-state index contributed by atoms with van der Waals surface area (Å²) in [6.45, 7) is 0. The number of nitrogens with one attached hydrogen (secondary N) is 1. The number of benzene rings is 2. The van der Waals surface area contributed by atoms with E-state index in [1.807, 2.05) is 37.2 Å². The van der Waals surface area contributed by atoms with Gasteiger partial charge in [0.2, 0.25) is 5.65 Å². The summed E-state index contributed by atoms with van der Waals surface area (Å²) in [6.07, 6.45) is 0. The minimum absolute atomic E-state index is 0.0791. The first kappa shape index (κ1) is 14.3. The van der Waals surface area contributed by atoms with Gasteiger partial charge in [0.15, 0.2) is 0 Å². The van der Waals surface area contributed by atoms with Gasteiger partial charge in [-0.2, -0.15) is 4.68 Å². The molecule has 0 saturated carbocycles. The van der Waals surface area contributed by atoms with Gasteiger partial charge >= 0.3 is 5.69 Å². The lowest BCUT2D eigenvalue weighted by atomic mass is 10.2. The molecule has 0 spiro atoms. The van der Waals surface area contributed by atoms with Gasteiger partial charge < -0.3 is 9.88 Å². The number of aromatic nitrogens is 4. The van der Waals surface area contributed by atoms with E-state index >= 15 is 0 Å². The second-order valence-corrected chi connectivity index (χ2v) is 5.74. The van der Waals surface area contributed by atoms with Crippen LogP contribution >= 0.6 is 0 Å². The molecule has 0 unspecified atom stereocenters. The Labute approximate surface area is 136 Å². The van der Waals surface area contributed by atoms with E-state index in [0.29, 0.717) is 16.7 Å². The number of aromatic amines is 1. The molecule has 7 heteroatoms. The van der Waals surface area contributed by atoms with Crippen LogP contribution in [0.25, 0.3) is 22.4 Å². The van der Waals surface area contributed by atoms with Gasteiger partial charge in [-0.1, -0.05) is 12.1 Å². The topological polar surface area (TPSA) is 75.4 Å². The van der Waals surface area contributed by atoms with Crippen molar-refractivity contribution in [1.82, 2.24) is 19.2 Å². The van der Waals surface area contributed by atoms with Crippen LogP contribution in [0.2, 0.25) is 0 Å². The summed E-state index contributed by atoms with van der Waals surface area (Å²) < 4.78 is 2.59.